The number of aliphatic imine (C=N–C) groups is 1. The van der Waals surface area contributed by atoms with E-state index < -0.39 is 0 Å². The fraction of sp³-hybridized carbons (Fsp3) is 0.200. The van der Waals surface area contributed by atoms with Gasteiger partial charge >= 0.3 is 0 Å². The SMILES string of the molecule is CCOc1ccc2ccccc2c1/C=C1\SC(=Nc2ccccc2)N(CCOC)C1=O. The van der Waals surface area contributed by atoms with Gasteiger partial charge in [0.15, 0.2) is 5.17 Å². The maximum atomic E-state index is 13.3. The van der Waals surface area contributed by atoms with Crippen molar-refractivity contribution in [2.24, 2.45) is 4.99 Å². The number of methoxy groups -OCH3 is 1. The van der Waals surface area contributed by atoms with Crippen molar-refractivity contribution in [3.05, 3.63) is 77.2 Å². The number of nitrogens with zero attached hydrogens (tertiary/aromatic N) is 2. The Bertz CT molecular complexity index is 1140. The number of ether oxygens (including phenoxy) is 2. The highest BCUT2D eigenvalue weighted by molar-refractivity contribution is 8.18. The van der Waals surface area contributed by atoms with Gasteiger partial charge in [-0.3, -0.25) is 9.69 Å². The molecular formula is C25H24N2O3S. The first-order chi connectivity index (χ1) is 15.2. The molecule has 1 amide bonds. The molecule has 31 heavy (non-hydrogen) atoms. The first kappa shape index (κ1) is 21.2. The molecule has 0 N–H and O–H groups in total. The van der Waals surface area contributed by atoms with Gasteiger partial charge in [0.2, 0.25) is 0 Å². The van der Waals surface area contributed by atoms with Crippen molar-refractivity contribution in [2.75, 3.05) is 26.9 Å². The van der Waals surface area contributed by atoms with E-state index in [1.54, 1.807) is 12.0 Å². The van der Waals surface area contributed by atoms with Crippen molar-refractivity contribution in [1.82, 2.24) is 4.90 Å². The lowest BCUT2D eigenvalue weighted by molar-refractivity contribution is -0.122. The molecule has 1 aliphatic heterocycles. The summed E-state index contributed by atoms with van der Waals surface area (Å²) in [6.07, 6.45) is 1.92. The first-order valence-corrected chi connectivity index (χ1v) is 11.0. The Hall–Kier alpha value is -3.09. The van der Waals surface area contributed by atoms with Gasteiger partial charge in [0.1, 0.15) is 5.75 Å². The summed E-state index contributed by atoms with van der Waals surface area (Å²) < 4.78 is 11.1. The van der Waals surface area contributed by atoms with E-state index in [1.807, 2.05) is 67.6 Å². The van der Waals surface area contributed by atoms with Crippen LogP contribution in [0.25, 0.3) is 16.8 Å². The molecule has 1 heterocycles. The topological polar surface area (TPSA) is 51.1 Å². The lowest BCUT2D eigenvalue weighted by Crippen LogP contribution is -2.32. The predicted molar refractivity (Wildman–Crippen MR) is 128 cm³/mol. The van der Waals surface area contributed by atoms with Crippen LogP contribution in [0.3, 0.4) is 0 Å². The maximum absolute atomic E-state index is 13.3. The fourth-order valence-corrected chi connectivity index (χ4v) is 4.43. The van der Waals surface area contributed by atoms with Crippen molar-refractivity contribution in [2.45, 2.75) is 6.92 Å². The lowest BCUT2D eigenvalue weighted by atomic mass is 10.0. The summed E-state index contributed by atoms with van der Waals surface area (Å²) in [4.78, 5) is 20.3. The number of thioether (sulfide) groups is 1. The number of amides is 1. The molecule has 5 nitrogen and oxygen atoms in total. The Balaban J connectivity index is 1.78. The van der Waals surface area contributed by atoms with Crippen LogP contribution >= 0.6 is 11.8 Å². The summed E-state index contributed by atoms with van der Waals surface area (Å²) in [5.74, 6) is 0.686. The molecule has 158 valence electrons. The summed E-state index contributed by atoms with van der Waals surface area (Å²) in [6.45, 7) is 3.39. The number of amidine groups is 1. The minimum atomic E-state index is -0.0767. The Labute approximate surface area is 186 Å². The van der Waals surface area contributed by atoms with Crippen molar-refractivity contribution in [3.8, 4) is 5.75 Å². The average Bonchev–Trinajstić information content (AvgIpc) is 3.08. The smallest absolute Gasteiger partial charge is 0.266 e. The van der Waals surface area contributed by atoms with E-state index in [2.05, 4.69) is 12.1 Å². The van der Waals surface area contributed by atoms with Gasteiger partial charge in [0.25, 0.3) is 5.91 Å². The minimum Gasteiger partial charge on any atom is -0.493 e. The first-order valence-electron chi connectivity index (χ1n) is 10.2. The number of rotatable bonds is 7. The van der Waals surface area contributed by atoms with Crippen LogP contribution in [0.5, 0.6) is 5.75 Å². The van der Waals surface area contributed by atoms with E-state index in [9.17, 15) is 4.79 Å². The normalized spacial score (nSPS) is 16.6. The standard InChI is InChI=1S/C25H24N2O3S/c1-3-30-22-14-13-18-9-7-8-12-20(18)21(22)17-23-24(28)27(15-16-29-2)25(31-23)26-19-10-5-4-6-11-19/h4-14,17H,3,15-16H2,1-2H3/b23-17-,26-25?. The molecule has 0 atom stereocenters. The van der Waals surface area contributed by atoms with Gasteiger partial charge in [-0.15, -0.1) is 0 Å². The molecule has 6 heteroatoms. The van der Waals surface area contributed by atoms with Crippen LogP contribution < -0.4 is 4.74 Å². The van der Waals surface area contributed by atoms with Gasteiger partial charge in [0, 0.05) is 12.7 Å². The highest BCUT2D eigenvalue weighted by atomic mass is 32.2. The molecule has 0 aromatic heterocycles. The summed E-state index contributed by atoms with van der Waals surface area (Å²) in [6, 6.07) is 21.8. The largest absolute Gasteiger partial charge is 0.493 e. The molecule has 0 spiro atoms. The quantitative estimate of drug-likeness (QED) is 0.463. The molecule has 0 unspecified atom stereocenters. The van der Waals surface area contributed by atoms with Crippen molar-refractivity contribution in [3.63, 3.8) is 0 Å². The zero-order chi connectivity index (χ0) is 21.6. The third-order valence-corrected chi connectivity index (χ3v) is 5.90. The predicted octanol–water partition coefficient (Wildman–Crippen LogP) is 5.49. The Morgan fingerprint density at radius 2 is 1.81 bits per heavy atom. The van der Waals surface area contributed by atoms with E-state index in [0.29, 0.717) is 29.8 Å². The third-order valence-electron chi connectivity index (χ3n) is 4.89. The monoisotopic (exact) mass is 432 g/mol. The molecule has 0 radical (unpaired) electrons. The van der Waals surface area contributed by atoms with Crippen molar-refractivity contribution in [1.29, 1.82) is 0 Å². The third kappa shape index (κ3) is 4.65. The van der Waals surface area contributed by atoms with E-state index in [0.717, 1.165) is 27.8 Å². The van der Waals surface area contributed by atoms with Gasteiger partial charge in [-0.1, -0.05) is 48.5 Å². The molecule has 3 aromatic rings. The second-order valence-corrected chi connectivity index (χ2v) is 7.93. The Morgan fingerprint density at radius 1 is 1.03 bits per heavy atom. The van der Waals surface area contributed by atoms with Crippen LogP contribution in [-0.2, 0) is 9.53 Å². The van der Waals surface area contributed by atoms with Crippen molar-refractivity contribution < 1.29 is 14.3 Å². The molecule has 0 bridgehead atoms. The average molecular weight is 433 g/mol. The summed E-state index contributed by atoms with van der Waals surface area (Å²) in [7, 11) is 1.63. The molecule has 3 aromatic carbocycles. The van der Waals surface area contributed by atoms with Gasteiger partial charge in [-0.2, -0.15) is 0 Å². The summed E-state index contributed by atoms with van der Waals surface area (Å²) >= 11 is 1.38. The molecule has 0 saturated carbocycles. The molecule has 1 saturated heterocycles. The van der Waals surface area contributed by atoms with Gasteiger partial charge < -0.3 is 9.47 Å². The van der Waals surface area contributed by atoms with E-state index in [1.165, 1.54) is 11.8 Å². The zero-order valence-electron chi connectivity index (χ0n) is 17.6. The second-order valence-electron chi connectivity index (χ2n) is 6.92. The van der Waals surface area contributed by atoms with E-state index >= 15 is 0 Å². The van der Waals surface area contributed by atoms with E-state index in [-0.39, 0.29) is 5.91 Å². The number of carbonyl (C=O) groups is 1. The summed E-state index contributed by atoms with van der Waals surface area (Å²) in [5, 5.41) is 2.80. The van der Waals surface area contributed by atoms with Gasteiger partial charge in [-0.05, 0) is 53.7 Å². The highest BCUT2D eigenvalue weighted by Gasteiger charge is 2.33. The number of para-hydroxylation sites is 1. The number of carbonyl (C=O) groups excluding carboxylic acids is 1. The van der Waals surface area contributed by atoms with Crippen LogP contribution in [0.15, 0.2) is 76.6 Å². The molecule has 4 rings (SSSR count). The van der Waals surface area contributed by atoms with Gasteiger partial charge in [-0.25, -0.2) is 4.99 Å². The van der Waals surface area contributed by atoms with Crippen LogP contribution in [0, 0.1) is 0 Å². The van der Waals surface area contributed by atoms with Crippen LogP contribution in [0.1, 0.15) is 12.5 Å². The fourth-order valence-electron chi connectivity index (χ4n) is 3.42. The zero-order valence-corrected chi connectivity index (χ0v) is 18.4. The number of benzene rings is 3. The van der Waals surface area contributed by atoms with Crippen molar-refractivity contribution >= 4 is 45.4 Å². The molecule has 1 fully saturated rings. The maximum Gasteiger partial charge on any atom is 0.266 e. The summed E-state index contributed by atoms with van der Waals surface area (Å²) in [5.41, 5.74) is 1.71. The number of hydrogen-bond acceptors (Lipinski definition) is 5. The number of fused-ring (bicyclic) bond motifs is 1. The van der Waals surface area contributed by atoms with Crippen LogP contribution in [0.4, 0.5) is 5.69 Å². The van der Waals surface area contributed by atoms with Crippen LogP contribution in [0.2, 0.25) is 0 Å². The Morgan fingerprint density at radius 3 is 2.58 bits per heavy atom. The molecule has 1 aliphatic rings. The lowest BCUT2D eigenvalue weighted by Gasteiger charge is -2.14. The Kier molecular flexibility index (Phi) is 6.70. The van der Waals surface area contributed by atoms with Gasteiger partial charge in [0.05, 0.1) is 30.4 Å². The molecule has 0 aliphatic carbocycles. The van der Waals surface area contributed by atoms with Crippen LogP contribution in [-0.4, -0.2) is 42.8 Å². The number of hydrogen-bond donors (Lipinski definition) is 0. The minimum absolute atomic E-state index is 0.0767. The molecular weight excluding hydrogens is 408 g/mol. The van der Waals surface area contributed by atoms with E-state index in [4.69, 9.17) is 14.5 Å². The second kappa shape index (κ2) is 9.81. The highest BCUT2D eigenvalue weighted by Crippen LogP contribution is 2.37.